The van der Waals surface area contributed by atoms with Crippen LogP contribution in [0.15, 0.2) is 15.6 Å². The van der Waals surface area contributed by atoms with Gasteiger partial charge in [0.1, 0.15) is 0 Å². The highest BCUT2D eigenvalue weighted by Crippen LogP contribution is 2.13. The molecule has 1 aromatic heterocycles. The summed E-state index contributed by atoms with van der Waals surface area (Å²) in [7, 11) is 3.12. The minimum atomic E-state index is -0.172. The van der Waals surface area contributed by atoms with Gasteiger partial charge in [0, 0.05) is 26.1 Å². The number of aliphatic imine (C=N–C) groups is 1. The molecule has 23 heavy (non-hydrogen) atoms. The number of aromatic nitrogens is 1. The Balaban J connectivity index is 0.00000484. The van der Waals surface area contributed by atoms with Gasteiger partial charge in [0.25, 0.3) is 0 Å². The van der Waals surface area contributed by atoms with Crippen LogP contribution in [0.1, 0.15) is 50.5 Å². The molecule has 0 spiro atoms. The van der Waals surface area contributed by atoms with E-state index in [0.29, 0.717) is 24.8 Å². The van der Waals surface area contributed by atoms with Gasteiger partial charge in [-0.25, -0.2) is 0 Å². The minimum Gasteiger partial charge on any atom is -0.469 e. The second-order valence-corrected chi connectivity index (χ2v) is 5.26. The molecule has 0 amide bonds. The molecule has 0 atom stereocenters. The van der Waals surface area contributed by atoms with E-state index >= 15 is 0 Å². The Kier molecular flexibility index (Phi) is 11.4. The molecule has 132 valence electrons. The van der Waals surface area contributed by atoms with Gasteiger partial charge in [-0.05, 0) is 18.8 Å². The van der Waals surface area contributed by atoms with Crippen molar-refractivity contribution in [2.75, 3.05) is 20.7 Å². The fourth-order valence-corrected chi connectivity index (χ4v) is 1.78. The van der Waals surface area contributed by atoms with Crippen molar-refractivity contribution in [3.8, 4) is 0 Å². The van der Waals surface area contributed by atoms with E-state index in [1.54, 1.807) is 7.05 Å². The van der Waals surface area contributed by atoms with Gasteiger partial charge in [-0.3, -0.25) is 9.79 Å². The molecule has 0 aromatic carbocycles. The van der Waals surface area contributed by atoms with Gasteiger partial charge in [0.15, 0.2) is 11.7 Å². The third kappa shape index (κ3) is 8.77. The standard InChI is InChI=1S/C15H26N4O3.HI/c1-11(2)13-9-12(22-19-13)10-18-15(16-3)17-8-6-5-7-14(20)21-4;/h9,11H,5-8,10H2,1-4H3,(H2,16,17,18);1H. The van der Waals surface area contributed by atoms with Crippen LogP contribution in [-0.2, 0) is 16.1 Å². The van der Waals surface area contributed by atoms with Crippen molar-refractivity contribution < 1.29 is 14.1 Å². The molecule has 0 fully saturated rings. The molecule has 7 nitrogen and oxygen atoms in total. The second kappa shape index (κ2) is 12.1. The molecule has 1 heterocycles. The number of nitrogens with zero attached hydrogens (tertiary/aromatic N) is 2. The number of halogens is 1. The number of esters is 1. The lowest BCUT2D eigenvalue weighted by Crippen LogP contribution is -2.37. The maximum Gasteiger partial charge on any atom is 0.305 e. The summed E-state index contributed by atoms with van der Waals surface area (Å²) in [6.45, 7) is 5.42. The van der Waals surface area contributed by atoms with Gasteiger partial charge >= 0.3 is 5.97 Å². The van der Waals surface area contributed by atoms with E-state index in [9.17, 15) is 4.79 Å². The van der Waals surface area contributed by atoms with E-state index in [2.05, 4.69) is 39.4 Å². The summed E-state index contributed by atoms with van der Waals surface area (Å²) in [4.78, 5) is 15.1. The van der Waals surface area contributed by atoms with Gasteiger partial charge < -0.3 is 19.9 Å². The first-order valence-electron chi connectivity index (χ1n) is 7.53. The SMILES string of the molecule is CN=C(NCCCCC(=O)OC)NCc1cc(C(C)C)no1.I. The number of hydrogen-bond acceptors (Lipinski definition) is 5. The summed E-state index contributed by atoms with van der Waals surface area (Å²) in [6, 6.07) is 1.95. The van der Waals surface area contributed by atoms with E-state index in [1.165, 1.54) is 7.11 Å². The first-order valence-corrected chi connectivity index (χ1v) is 7.53. The van der Waals surface area contributed by atoms with Crippen LogP contribution in [0.4, 0.5) is 0 Å². The second-order valence-electron chi connectivity index (χ2n) is 5.26. The number of carbonyl (C=O) groups excluding carboxylic acids is 1. The molecule has 0 saturated carbocycles. The highest BCUT2D eigenvalue weighted by atomic mass is 127. The largest absolute Gasteiger partial charge is 0.469 e. The van der Waals surface area contributed by atoms with Crippen molar-refractivity contribution in [3.63, 3.8) is 0 Å². The average molecular weight is 438 g/mol. The predicted octanol–water partition coefficient (Wildman–Crippen LogP) is 2.42. The number of methoxy groups -OCH3 is 1. The summed E-state index contributed by atoms with van der Waals surface area (Å²) in [6.07, 6.45) is 2.10. The molecular weight excluding hydrogens is 411 g/mol. The lowest BCUT2D eigenvalue weighted by molar-refractivity contribution is -0.140. The zero-order valence-electron chi connectivity index (χ0n) is 14.2. The van der Waals surface area contributed by atoms with Crippen LogP contribution in [0.2, 0.25) is 0 Å². The van der Waals surface area contributed by atoms with Crippen molar-refractivity contribution in [3.05, 3.63) is 17.5 Å². The van der Waals surface area contributed by atoms with E-state index in [-0.39, 0.29) is 29.9 Å². The Hall–Kier alpha value is -1.32. The Morgan fingerprint density at radius 2 is 2.13 bits per heavy atom. The molecule has 0 unspecified atom stereocenters. The molecule has 0 bridgehead atoms. The molecule has 0 aliphatic carbocycles. The fourth-order valence-electron chi connectivity index (χ4n) is 1.78. The third-order valence-corrected chi connectivity index (χ3v) is 3.15. The normalized spacial score (nSPS) is 11.1. The van der Waals surface area contributed by atoms with Crippen LogP contribution in [0.3, 0.4) is 0 Å². The van der Waals surface area contributed by atoms with Gasteiger partial charge in [0.2, 0.25) is 0 Å². The highest BCUT2D eigenvalue weighted by molar-refractivity contribution is 14.0. The topological polar surface area (TPSA) is 88.8 Å². The highest BCUT2D eigenvalue weighted by Gasteiger charge is 2.08. The van der Waals surface area contributed by atoms with Gasteiger partial charge in [0.05, 0.1) is 19.3 Å². The van der Waals surface area contributed by atoms with Gasteiger partial charge in [-0.15, -0.1) is 24.0 Å². The van der Waals surface area contributed by atoms with E-state index in [1.807, 2.05) is 6.07 Å². The monoisotopic (exact) mass is 438 g/mol. The van der Waals surface area contributed by atoms with Crippen LogP contribution in [0.25, 0.3) is 0 Å². The molecule has 0 aliphatic heterocycles. The first-order chi connectivity index (χ1) is 10.6. The number of hydrogen-bond donors (Lipinski definition) is 2. The molecule has 0 aliphatic rings. The summed E-state index contributed by atoms with van der Waals surface area (Å²) >= 11 is 0. The van der Waals surface area contributed by atoms with E-state index in [4.69, 9.17) is 4.52 Å². The molecule has 1 aromatic rings. The third-order valence-electron chi connectivity index (χ3n) is 3.15. The maximum atomic E-state index is 11.0. The Morgan fingerprint density at radius 3 is 2.70 bits per heavy atom. The van der Waals surface area contributed by atoms with E-state index < -0.39 is 0 Å². The molecule has 0 saturated heterocycles. The number of carbonyl (C=O) groups is 1. The maximum absolute atomic E-state index is 11.0. The molecular formula is C15H27IN4O3. The Labute approximate surface area is 154 Å². The zero-order valence-corrected chi connectivity index (χ0v) is 16.5. The van der Waals surface area contributed by atoms with Crippen molar-refractivity contribution in [2.24, 2.45) is 4.99 Å². The van der Waals surface area contributed by atoms with Crippen LogP contribution < -0.4 is 10.6 Å². The Bertz CT molecular complexity index is 489. The Morgan fingerprint density at radius 1 is 1.39 bits per heavy atom. The number of unbranched alkanes of at least 4 members (excludes halogenated alkanes) is 1. The lowest BCUT2D eigenvalue weighted by atomic mass is 10.1. The molecule has 2 N–H and O–H groups in total. The van der Waals surface area contributed by atoms with Crippen molar-refractivity contribution in [1.82, 2.24) is 15.8 Å². The molecule has 0 radical (unpaired) electrons. The number of rotatable bonds is 8. The summed E-state index contributed by atoms with van der Waals surface area (Å²) < 4.78 is 9.85. The summed E-state index contributed by atoms with van der Waals surface area (Å²) in [5, 5.41) is 10.4. The van der Waals surface area contributed by atoms with Crippen LogP contribution in [-0.4, -0.2) is 37.8 Å². The molecule has 8 heteroatoms. The van der Waals surface area contributed by atoms with Crippen LogP contribution in [0.5, 0.6) is 0 Å². The molecule has 1 rings (SSSR count). The van der Waals surface area contributed by atoms with Crippen molar-refractivity contribution in [1.29, 1.82) is 0 Å². The average Bonchev–Trinajstić information content (AvgIpc) is 2.98. The van der Waals surface area contributed by atoms with Crippen LogP contribution >= 0.6 is 24.0 Å². The quantitative estimate of drug-likeness (QED) is 0.213. The summed E-state index contributed by atoms with van der Waals surface area (Å²) in [5.41, 5.74) is 0.947. The lowest BCUT2D eigenvalue weighted by Gasteiger charge is -2.10. The van der Waals surface area contributed by atoms with Gasteiger partial charge in [-0.1, -0.05) is 19.0 Å². The van der Waals surface area contributed by atoms with E-state index in [0.717, 1.165) is 30.8 Å². The summed E-state index contributed by atoms with van der Waals surface area (Å²) in [5.74, 6) is 1.65. The first kappa shape index (κ1) is 21.7. The number of nitrogens with one attached hydrogen (secondary N) is 2. The minimum absolute atomic E-state index is 0. The van der Waals surface area contributed by atoms with Crippen molar-refractivity contribution in [2.45, 2.75) is 45.6 Å². The van der Waals surface area contributed by atoms with Crippen molar-refractivity contribution >= 4 is 35.9 Å². The zero-order chi connectivity index (χ0) is 16.4. The van der Waals surface area contributed by atoms with Gasteiger partial charge in [-0.2, -0.15) is 0 Å². The fraction of sp³-hybridized carbons (Fsp3) is 0.667. The predicted molar refractivity (Wildman–Crippen MR) is 100 cm³/mol. The van der Waals surface area contributed by atoms with Crippen LogP contribution in [0, 0.1) is 0 Å². The smallest absolute Gasteiger partial charge is 0.305 e. The number of guanidine groups is 1. The number of ether oxygens (including phenoxy) is 1.